The number of rotatable bonds is 4. The number of nitrogens with zero attached hydrogens (tertiary/aromatic N) is 2. The number of alkyl halides is 1. The number of nitrogens with one attached hydrogen (secondary N) is 1. The Kier molecular flexibility index (Phi) is 4.12. The molecule has 0 radical (unpaired) electrons. The van der Waals surface area contributed by atoms with Crippen molar-refractivity contribution in [3.8, 4) is 6.07 Å². The number of hydrogen-bond donors (Lipinski definition) is 2. The van der Waals surface area contributed by atoms with E-state index in [0.29, 0.717) is 22.6 Å². The highest BCUT2D eigenvalue weighted by Gasteiger charge is 2.57. The molecule has 2 aromatic rings. The van der Waals surface area contributed by atoms with Gasteiger partial charge in [-0.1, -0.05) is 38.1 Å². The second kappa shape index (κ2) is 5.97. The van der Waals surface area contributed by atoms with E-state index in [0.717, 1.165) is 5.56 Å². The van der Waals surface area contributed by atoms with Crippen LogP contribution in [0.15, 0.2) is 42.7 Å². The van der Waals surface area contributed by atoms with Crippen LogP contribution in [-0.4, -0.2) is 28.8 Å². The lowest BCUT2D eigenvalue weighted by Crippen LogP contribution is -2.68. The fraction of sp³-hybridized carbons (Fsp3) is 0.368. The molecule has 1 aromatic carbocycles. The van der Waals surface area contributed by atoms with Crippen molar-refractivity contribution in [1.82, 2.24) is 10.3 Å². The molecule has 1 aliphatic heterocycles. The first-order valence-electron chi connectivity index (χ1n) is 7.99. The molecule has 1 unspecified atom stereocenters. The van der Waals surface area contributed by atoms with Crippen LogP contribution in [0, 0.1) is 11.3 Å². The van der Waals surface area contributed by atoms with E-state index in [2.05, 4.69) is 24.1 Å². The Balaban J connectivity index is 2.14. The van der Waals surface area contributed by atoms with Crippen LogP contribution in [0.5, 0.6) is 0 Å². The van der Waals surface area contributed by atoms with E-state index in [9.17, 15) is 5.11 Å². The Morgan fingerprint density at radius 3 is 2.42 bits per heavy atom. The maximum Gasteiger partial charge on any atom is 0.172 e. The minimum atomic E-state index is -1.85. The van der Waals surface area contributed by atoms with Crippen LogP contribution in [-0.2, 0) is 5.60 Å². The molecule has 2 heterocycles. The van der Waals surface area contributed by atoms with Crippen LogP contribution in [0.25, 0.3) is 0 Å². The monoisotopic (exact) mass is 325 g/mol. The largest absolute Gasteiger partial charge is 0.377 e. The molecule has 1 fully saturated rings. The van der Waals surface area contributed by atoms with Gasteiger partial charge < -0.3 is 10.4 Å². The summed E-state index contributed by atoms with van der Waals surface area (Å²) in [7, 11) is 0. The normalized spacial score (nSPS) is 18.5. The number of nitriles is 1. The van der Waals surface area contributed by atoms with Gasteiger partial charge in [-0.05, 0) is 23.1 Å². The average Bonchev–Trinajstić information content (AvgIpc) is 2.59. The van der Waals surface area contributed by atoms with Crippen LogP contribution < -0.4 is 5.32 Å². The molecule has 4 nitrogen and oxygen atoms in total. The average molecular weight is 325 g/mol. The maximum atomic E-state index is 15.4. The molecule has 0 bridgehead atoms. The van der Waals surface area contributed by atoms with Crippen molar-refractivity contribution >= 4 is 0 Å². The standard InChI is InChI=1S/C19H20FN3O/c1-13(2)15-3-5-16(6-4-15)19(24,18(20)11-23-12-18)17-7-14(8-21)9-22-10-17/h3-7,9-10,13,23-24H,11-12H2,1-2H3. The zero-order valence-electron chi connectivity index (χ0n) is 13.8. The Hall–Kier alpha value is -2.29. The third-order valence-electron chi connectivity index (χ3n) is 4.74. The van der Waals surface area contributed by atoms with Crippen molar-refractivity contribution in [3.63, 3.8) is 0 Å². The van der Waals surface area contributed by atoms with Gasteiger partial charge in [0.15, 0.2) is 11.3 Å². The topological polar surface area (TPSA) is 68.9 Å². The number of aromatic nitrogens is 1. The van der Waals surface area contributed by atoms with Crippen molar-refractivity contribution in [2.24, 2.45) is 0 Å². The number of benzene rings is 1. The predicted molar refractivity (Wildman–Crippen MR) is 89.2 cm³/mol. The van der Waals surface area contributed by atoms with Crippen molar-refractivity contribution in [2.75, 3.05) is 13.1 Å². The van der Waals surface area contributed by atoms with Gasteiger partial charge in [0.25, 0.3) is 0 Å². The summed E-state index contributed by atoms with van der Waals surface area (Å²) >= 11 is 0. The minimum Gasteiger partial charge on any atom is -0.377 e. The molecule has 0 amide bonds. The first-order valence-corrected chi connectivity index (χ1v) is 7.99. The fourth-order valence-electron chi connectivity index (χ4n) is 3.09. The highest BCUT2D eigenvalue weighted by Crippen LogP contribution is 2.44. The Labute approximate surface area is 141 Å². The van der Waals surface area contributed by atoms with Crippen LogP contribution >= 0.6 is 0 Å². The number of halogens is 1. The quantitative estimate of drug-likeness (QED) is 0.907. The van der Waals surface area contributed by atoms with E-state index in [1.807, 2.05) is 18.2 Å². The Morgan fingerprint density at radius 1 is 1.25 bits per heavy atom. The lowest BCUT2D eigenvalue weighted by Gasteiger charge is -2.48. The summed E-state index contributed by atoms with van der Waals surface area (Å²) in [6.07, 6.45) is 2.83. The van der Waals surface area contributed by atoms with Gasteiger partial charge in [-0.3, -0.25) is 4.98 Å². The van der Waals surface area contributed by atoms with Gasteiger partial charge in [0, 0.05) is 31.0 Å². The summed E-state index contributed by atoms with van der Waals surface area (Å²) in [4.78, 5) is 4.00. The van der Waals surface area contributed by atoms with Crippen LogP contribution in [0.4, 0.5) is 4.39 Å². The summed E-state index contributed by atoms with van der Waals surface area (Å²) in [6.45, 7) is 4.25. The third kappa shape index (κ3) is 2.48. The summed E-state index contributed by atoms with van der Waals surface area (Å²) < 4.78 is 15.4. The highest BCUT2D eigenvalue weighted by molar-refractivity contribution is 5.44. The van der Waals surface area contributed by atoms with Crippen molar-refractivity contribution in [1.29, 1.82) is 5.26 Å². The molecule has 124 valence electrons. The SMILES string of the molecule is CC(C)c1ccc(C(O)(c2cncc(C#N)c2)C2(F)CNC2)cc1. The molecule has 1 atom stereocenters. The van der Waals surface area contributed by atoms with Crippen molar-refractivity contribution in [3.05, 3.63) is 65.0 Å². The summed E-state index contributed by atoms with van der Waals surface area (Å²) in [5, 5.41) is 23.4. The molecule has 24 heavy (non-hydrogen) atoms. The molecule has 5 heteroatoms. The van der Waals surface area contributed by atoms with Gasteiger partial charge in [-0.25, -0.2) is 4.39 Å². The van der Waals surface area contributed by atoms with Crippen LogP contribution in [0.3, 0.4) is 0 Å². The summed E-state index contributed by atoms with van der Waals surface area (Å²) in [5.41, 5.74) is -1.53. The molecule has 3 rings (SSSR count). The lowest BCUT2D eigenvalue weighted by atomic mass is 9.71. The van der Waals surface area contributed by atoms with Gasteiger partial charge in [-0.15, -0.1) is 0 Å². The van der Waals surface area contributed by atoms with Gasteiger partial charge in [0.2, 0.25) is 0 Å². The molecule has 0 aliphatic carbocycles. The van der Waals surface area contributed by atoms with Gasteiger partial charge >= 0.3 is 0 Å². The smallest absolute Gasteiger partial charge is 0.172 e. The van der Waals surface area contributed by atoms with E-state index in [1.54, 1.807) is 12.1 Å². The second-order valence-corrected chi connectivity index (χ2v) is 6.63. The molecule has 2 N–H and O–H groups in total. The first-order chi connectivity index (χ1) is 11.4. The molecule has 0 saturated carbocycles. The second-order valence-electron chi connectivity index (χ2n) is 6.63. The van der Waals surface area contributed by atoms with Gasteiger partial charge in [-0.2, -0.15) is 5.26 Å². The van der Waals surface area contributed by atoms with Crippen molar-refractivity contribution < 1.29 is 9.50 Å². The van der Waals surface area contributed by atoms with E-state index in [-0.39, 0.29) is 13.1 Å². The van der Waals surface area contributed by atoms with Crippen LogP contribution in [0.2, 0.25) is 0 Å². The zero-order valence-corrected chi connectivity index (χ0v) is 13.8. The molecule has 1 aromatic heterocycles. The maximum absolute atomic E-state index is 15.4. The van der Waals surface area contributed by atoms with E-state index >= 15 is 4.39 Å². The van der Waals surface area contributed by atoms with Gasteiger partial charge in [0.1, 0.15) is 6.07 Å². The summed E-state index contributed by atoms with van der Waals surface area (Å²) in [6, 6.07) is 10.8. The Bertz CT molecular complexity index is 778. The first kappa shape index (κ1) is 16.6. The van der Waals surface area contributed by atoms with Crippen molar-refractivity contribution in [2.45, 2.75) is 31.0 Å². The van der Waals surface area contributed by atoms with E-state index in [4.69, 9.17) is 5.26 Å². The van der Waals surface area contributed by atoms with E-state index in [1.165, 1.54) is 18.5 Å². The van der Waals surface area contributed by atoms with Crippen LogP contribution in [0.1, 0.15) is 42.0 Å². The molecular weight excluding hydrogens is 305 g/mol. The predicted octanol–water partition coefficient (Wildman–Crippen LogP) is 2.62. The highest BCUT2D eigenvalue weighted by atomic mass is 19.1. The minimum absolute atomic E-state index is 0.0478. The number of hydrogen-bond acceptors (Lipinski definition) is 4. The molecule has 1 saturated heterocycles. The van der Waals surface area contributed by atoms with Gasteiger partial charge in [0.05, 0.1) is 5.56 Å². The fourth-order valence-corrected chi connectivity index (χ4v) is 3.09. The number of pyridine rings is 1. The molecule has 1 aliphatic rings. The molecular formula is C19H20FN3O. The Morgan fingerprint density at radius 2 is 1.92 bits per heavy atom. The molecule has 0 spiro atoms. The third-order valence-corrected chi connectivity index (χ3v) is 4.74. The lowest BCUT2D eigenvalue weighted by molar-refractivity contribution is -0.108. The van der Waals surface area contributed by atoms with E-state index < -0.39 is 11.3 Å². The number of aliphatic hydroxyl groups is 1. The zero-order chi connectivity index (χ0) is 17.4. The summed E-state index contributed by atoms with van der Waals surface area (Å²) in [5.74, 6) is 0.348.